The van der Waals surface area contributed by atoms with Crippen molar-refractivity contribution in [3.05, 3.63) is 34.4 Å². The lowest BCUT2D eigenvalue weighted by Gasteiger charge is -2.30. The van der Waals surface area contributed by atoms with Gasteiger partial charge in [-0.05, 0) is 38.8 Å². The summed E-state index contributed by atoms with van der Waals surface area (Å²) in [5.41, 5.74) is 5.86. The summed E-state index contributed by atoms with van der Waals surface area (Å²) >= 11 is 0. The van der Waals surface area contributed by atoms with E-state index >= 15 is 0 Å². The minimum atomic E-state index is -0.855. The maximum atomic E-state index is 12.6. The van der Waals surface area contributed by atoms with Crippen LogP contribution in [0.1, 0.15) is 34.6 Å². The Morgan fingerprint density at radius 2 is 1.70 bits per heavy atom. The van der Waals surface area contributed by atoms with Crippen LogP contribution in [0.3, 0.4) is 0 Å². The zero-order chi connectivity index (χ0) is 20.7. The van der Waals surface area contributed by atoms with E-state index in [0.29, 0.717) is 5.75 Å². The molecule has 0 aliphatic heterocycles. The molecule has 1 aromatic rings. The number of amides is 2. The molecule has 0 spiro atoms. The number of ether oxygens (including phenoxy) is 2. The first kappa shape index (κ1) is 22.4. The summed E-state index contributed by atoms with van der Waals surface area (Å²) in [5, 5.41) is 10.7. The second-order valence-electron chi connectivity index (χ2n) is 6.82. The summed E-state index contributed by atoms with van der Waals surface area (Å²) in [6.07, 6.45) is -1.18. The van der Waals surface area contributed by atoms with Crippen LogP contribution >= 0.6 is 0 Å². The molecule has 150 valence electrons. The van der Waals surface area contributed by atoms with Gasteiger partial charge >= 0.3 is 6.09 Å². The van der Waals surface area contributed by atoms with E-state index in [-0.39, 0.29) is 18.2 Å². The summed E-state index contributed by atoms with van der Waals surface area (Å²) in [6.45, 7) is 8.56. The van der Waals surface area contributed by atoms with Crippen molar-refractivity contribution in [2.24, 2.45) is 11.7 Å². The van der Waals surface area contributed by atoms with E-state index in [1.165, 1.54) is 24.3 Å². The Morgan fingerprint density at radius 3 is 2.15 bits per heavy atom. The third-order valence-electron chi connectivity index (χ3n) is 3.75. The van der Waals surface area contributed by atoms with Gasteiger partial charge in [0.15, 0.2) is 0 Å². The van der Waals surface area contributed by atoms with Gasteiger partial charge in [-0.1, -0.05) is 13.8 Å². The maximum Gasteiger partial charge on any atom is 0.417 e. The van der Waals surface area contributed by atoms with Gasteiger partial charge in [0.1, 0.15) is 12.4 Å². The first-order chi connectivity index (χ1) is 12.5. The fraction of sp³-hybridized carbons (Fsp3) is 0.556. The van der Waals surface area contributed by atoms with Gasteiger partial charge < -0.3 is 15.2 Å². The summed E-state index contributed by atoms with van der Waals surface area (Å²) in [7, 11) is 0. The predicted octanol–water partition coefficient (Wildman–Crippen LogP) is 2.72. The maximum absolute atomic E-state index is 12.6. The quantitative estimate of drug-likeness (QED) is 0.542. The number of nitrogens with two attached hydrogens (primary N) is 1. The summed E-state index contributed by atoms with van der Waals surface area (Å²) in [4.78, 5) is 36.2. The molecule has 0 saturated heterocycles. The molecule has 1 rings (SSSR count). The van der Waals surface area contributed by atoms with Crippen molar-refractivity contribution in [1.82, 2.24) is 4.90 Å². The molecule has 0 aliphatic rings. The lowest BCUT2D eigenvalue weighted by Crippen LogP contribution is -2.54. The number of hydrogen-bond acceptors (Lipinski definition) is 7. The number of nitro groups is 1. The Bertz CT molecular complexity index is 660. The third-order valence-corrected chi connectivity index (χ3v) is 3.75. The van der Waals surface area contributed by atoms with Gasteiger partial charge in [-0.25, -0.2) is 9.69 Å². The average Bonchev–Trinajstić information content (AvgIpc) is 2.58. The van der Waals surface area contributed by atoms with E-state index < -0.39 is 35.1 Å². The highest BCUT2D eigenvalue weighted by molar-refractivity contribution is 5.95. The molecule has 0 saturated carbocycles. The van der Waals surface area contributed by atoms with Crippen molar-refractivity contribution in [2.75, 3.05) is 6.61 Å². The molecule has 0 aliphatic carbocycles. The fourth-order valence-electron chi connectivity index (χ4n) is 2.15. The van der Waals surface area contributed by atoms with Gasteiger partial charge in [-0.3, -0.25) is 14.9 Å². The second-order valence-corrected chi connectivity index (χ2v) is 6.82. The van der Waals surface area contributed by atoms with Crippen LogP contribution in [0.25, 0.3) is 0 Å². The van der Waals surface area contributed by atoms with Gasteiger partial charge in [0, 0.05) is 12.1 Å². The number of imide groups is 1. The predicted molar refractivity (Wildman–Crippen MR) is 99.3 cm³/mol. The van der Waals surface area contributed by atoms with E-state index in [2.05, 4.69) is 0 Å². The van der Waals surface area contributed by atoms with Crippen LogP contribution in [0.2, 0.25) is 0 Å². The van der Waals surface area contributed by atoms with Crippen molar-refractivity contribution in [2.45, 2.75) is 52.8 Å². The van der Waals surface area contributed by atoms with Gasteiger partial charge in [0.25, 0.3) is 5.69 Å². The standard InChI is InChI=1S/C18H27N3O6/c1-11(2)16(19)17(22)20(18(23)27-12(3)4)13(5)10-26-15-8-6-14(7-9-15)21(24)25/h6-9,11-13,16H,10,19H2,1-5H3/t13?,16-/m0/s1. The fourth-order valence-corrected chi connectivity index (χ4v) is 2.15. The zero-order valence-electron chi connectivity index (χ0n) is 16.2. The minimum absolute atomic E-state index is 0.0123. The van der Waals surface area contributed by atoms with Crippen LogP contribution in [0.4, 0.5) is 10.5 Å². The van der Waals surface area contributed by atoms with Crippen LogP contribution in [0.5, 0.6) is 5.75 Å². The number of rotatable bonds is 8. The molecule has 2 N–H and O–H groups in total. The highest BCUT2D eigenvalue weighted by Gasteiger charge is 2.34. The molecule has 0 radical (unpaired) electrons. The Balaban J connectivity index is 2.88. The van der Waals surface area contributed by atoms with Crippen molar-refractivity contribution in [3.8, 4) is 5.75 Å². The molecular formula is C18H27N3O6. The highest BCUT2D eigenvalue weighted by Crippen LogP contribution is 2.18. The van der Waals surface area contributed by atoms with Crippen molar-refractivity contribution < 1.29 is 24.0 Å². The minimum Gasteiger partial charge on any atom is -0.491 e. The number of non-ortho nitro benzene ring substituents is 1. The van der Waals surface area contributed by atoms with Crippen molar-refractivity contribution in [1.29, 1.82) is 0 Å². The van der Waals surface area contributed by atoms with Crippen LogP contribution in [-0.2, 0) is 9.53 Å². The van der Waals surface area contributed by atoms with E-state index in [4.69, 9.17) is 15.2 Å². The second kappa shape index (κ2) is 9.86. The summed E-state index contributed by atoms with van der Waals surface area (Å²) in [5.74, 6) is -0.324. The smallest absolute Gasteiger partial charge is 0.417 e. The Hall–Kier alpha value is -2.68. The number of nitrogens with zero attached hydrogens (tertiary/aromatic N) is 2. The van der Waals surface area contributed by atoms with Crippen LogP contribution in [0, 0.1) is 16.0 Å². The van der Waals surface area contributed by atoms with Crippen molar-refractivity contribution >= 4 is 17.7 Å². The number of carbonyl (C=O) groups is 2. The van der Waals surface area contributed by atoms with Crippen molar-refractivity contribution in [3.63, 3.8) is 0 Å². The van der Waals surface area contributed by atoms with E-state index in [0.717, 1.165) is 4.90 Å². The lowest BCUT2D eigenvalue weighted by molar-refractivity contribution is -0.384. The highest BCUT2D eigenvalue weighted by atomic mass is 16.6. The third kappa shape index (κ3) is 6.52. The van der Waals surface area contributed by atoms with Crippen LogP contribution < -0.4 is 10.5 Å². The Morgan fingerprint density at radius 1 is 1.15 bits per heavy atom. The molecule has 0 aromatic heterocycles. The van der Waals surface area contributed by atoms with Gasteiger partial charge in [0.05, 0.1) is 23.1 Å². The number of benzene rings is 1. The van der Waals surface area contributed by atoms with Gasteiger partial charge in [0.2, 0.25) is 5.91 Å². The number of hydrogen-bond donors (Lipinski definition) is 1. The molecule has 27 heavy (non-hydrogen) atoms. The van der Waals surface area contributed by atoms with E-state index in [1.54, 1.807) is 34.6 Å². The molecule has 0 bridgehead atoms. The molecule has 1 unspecified atom stereocenters. The molecule has 9 heteroatoms. The molecule has 0 heterocycles. The Labute approximate surface area is 158 Å². The molecule has 2 atom stereocenters. The summed E-state index contributed by atoms with van der Waals surface area (Å²) in [6, 6.07) is 4.01. The SMILES string of the molecule is CC(C)OC(=O)N(C(=O)[C@@H](N)C(C)C)C(C)COc1ccc([N+](=O)[O-])cc1. The topological polar surface area (TPSA) is 125 Å². The molecular weight excluding hydrogens is 354 g/mol. The van der Waals surface area contributed by atoms with Gasteiger partial charge in [-0.15, -0.1) is 0 Å². The normalized spacial score (nSPS) is 13.2. The van der Waals surface area contributed by atoms with E-state index in [1.807, 2.05) is 0 Å². The lowest BCUT2D eigenvalue weighted by atomic mass is 10.0. The average molecular weight is 381 g/mol. The number of carbonyl (C=O) groups excluding carboxylic acids is 2. The summed E-state index contributed by atoms with van der Waals surface area (Å²) < 4.78 is 10.7. The molecule has 1 aromatic carbocycles. The monoisotopic (exact) mass is 381 g/mol. The molecule has 2 amide bonds. The first-order valence-corrected chi connectivity index (χ1v) is 8.71. The first-order valence-electron chi connectivity index (χ1n) is 8.71. The molecule has 0 fully saturated rings. The van der Waals surface area contributed by atoms with Crippen LogP contribution in [0.15, 0.2) is 24.3 Å². The van der Waals surface area contributed by atoms with Crippen LogP contribution in [-0.4, -0.2) is 46.6 Å². The molecule has 9 nitrogen and oxygen atoms in total. The van der Waals surface area contributed by atoms with Gasteiger partial charge in [-0.2, -0.15) is 0 Å². The Kier molecular flexibility index (Phi) is 8.17. The zero-order valence-corrected chi connectivity index (χ0v) is 16.2. The largest absolute Gasteiger partial charge is 0.491 e. The number of nitro benzene ring substituents is 1. The van der Waals surface area contributed by atoms with E-state index in [9.17, 15) is 19.7 Å².